The van der Waals surface area contributed by atoms with Gasteiger partial charge in [-0.3, -0.25) is 4.79 Å². The fraction of sp³-hybridized carbons (Fsp3) is 0.913. The third-order valence-corrected chi connectivity index (χ3v) is 5.35. The second kappa shape index (κ2) is 20.6. The molecule has 4 N–H and O–H groups in total. The minimum absolute atomic E-state index is 0.164. The molecule has 5 nitrogen and oxygen atoms in total. The number of carbonyl (C=O) groups is 2. The first kappa shape index (κ1) is 26.9. The first-order valence-electron chi connectivity index (χ1n) is 11.8. The number of aliphatic carboxylic acids is 1. The molecule has 0 spiro atoms. The zero-order chi connectivity index (χ0) is 20.9. The summed E-state index contributed by atoms with van der Waals surface area (Å²) in [7, 11) is 0. The molecule has 1 rings (SSSR count). The number of carboxylic acid groups (broad SMARTS) is 1. The molecule has 1 amide bonds. The number of carboxylic acids is 1. The van der Waals surface area contributed by atoms with Crippen molar-refractivity contribution in [2.75, 3.05) is 6.54 Å². The third kappa shape index (κ3) is 18.3. The monoisotopic (exact) mass is 398 g/mol. The number of amides is 1. The van der Waals surface area contributed by atoms with Crippen LogP contribution in [0.3, 0.4) is 0 Å². The van der Waals surface area contributed by atoms with Gasteiger partial charge in [-0.2, -0.15) is 0 Å². The quantitative estimate of drug-likeness (QED) is 0.280. The van der Waals surface area contributed by atoms with E-state index in [4.69, 9.17) is 10.8 Å². The molecule has 0 aromatic heterocycles. The van der Waals surface area contributed by atoms with Crippen LogP contribution < -0.4 is 11.1 Å². The van der Waals surface area contributed by atoms with Crippen LogP contribution in [0.15, 0.2) is 0 Å². The number of unbranched alkanes of at least 4 members (excludes halogenated alkanes) is 15. The molecule has 1 unspecified atom stereocenters. The van der Waals surface area contributed by atoms with Gasteiger partial charge in [-0.15, -0.1) is 0 Å². The van der Waals surface area contributed by atoms with Crippen LogP contribution in [0, 0.1) is 0 Å². The number of rotatable bonds is 17. The van der Waals surface area contributed by atoms with E-state index in [-0.39, 0.29) is 5.91 Å². The van der Waals surface area contributed by atoms with Gasteiger partial charge in [0.05, 0.1) is 0 Å². The summed E-state index contributed by atoms with van der Waals surface area (Å²) >= 11 is 0. The minimum Gasteiger partial charge on any atom is -0.480 e. The molecule has 0 aliphatic carbocycles. The van der Waals surface area contributed by atoms with Crippen LogP contribution in [-0.4, -0.2) is 29.6 Å². The van der Waals surface area contributed by atoms with Crippen LogP contribution in [0.1, 0.15) is 122 Å². The molecular weight excluding hydrogens is 352 g/mol. The average molecular weight is 399 g/mol. The predicted octanol–water partition coefficient (Wildman–Crippen LogP) is 5.56. The summed E-state index contributed by atoms with van der Waals surface area (Å²) in [5.41, 5.74) is 5.48. The van der Waals surface area contributed by atoms with Gasteiger partial charge in [0.1, 0.15) is 6.04 Å². The number of nitrogens with two attached hydrogens (primary N) is 1. The zero-order valence-corrected chi connectivity index (χ0v) is 18.4. The van der Waals surface area contributed by atoms with Gasteiger partial charge >= 0.3 is 5.97 Å². The molecule has 1 atom stereocenters. The molecule has 166 valence electrons. The molecule has 0 saturated carbocycles. The minimum atomic E-state index is -0.944. The van der Waals surface area contributed by atoms with Gasteiger partial charge in [0.2, 0.25) is 5.91 Å². The van der Waals surface area contributed by atoms with E-state index in [0.717, 1.165) is 6.54 Å². The fourth-order valence-corrected chi connectivity index (χ4v) is 3.49. The molecule has 0 aromatic rings. The van der Waals surface area contributed by atoms with E-state index in [0.29, 0.717) is 12.8 Å². The number of carbonyl (C=O) groups excluding carboxylic acids is 1. The SMILES string of the molecule is CCCCCCCCCCCCCCCCCCN.O=C1CCC(C(=O)O)N1. The number of nitrogens with one attached hydrogen (secondary N) is 1. The summed E-state index contributed by atoms with van der Waals surface area (Å²) in [6.07, 6.45) is 23.6. The van der Waals surface area contributed by atoms with Crippen molar-refractivity contribution in [2.24, 2.45) is 5.73 Å². The summed E-state index contributed by atoms with van der Waals surface area (Å²) in [5.74, 6) is -1.11. The topological polar surface area (TPSA) is 92.4 Å². The lowest BCUT2D eigenvalue weighted by Gasteiger charge is -2.03. The highest BCUT2D eigenvalue weighted by atomic mass is 16.4. The molecule has 5 heteroatoms. The van der Waals surface area contributed by atoms with Crippen molar-refractivity contribution in [1.82, 2.24) is 5.32 Å². The van der Waals surface area contributed by atoms with Crippen molar-refractivity contribution < 1.29 is 14.7 Å². The number of hydrogen-bond acceptors (Lipinski definition) is 3. The van der Waals surface area contributed by atoms with Gasteiger partial charge in [0.15, 0.2) is 0 Å². The summed E-state index contributed by atoms with van der Waals surface area (Å²) in [5, 5.41) is 10.6. The molecule has 0 bridgehead atoms. The highest BCUT2D eigenvalue weighted by Gasteiger charge is 2.26. The Kier molecular flexibility index (Phi) is 19.8. The standard InChI is InChI=1S/C18H39N.C5H7NO3/c1-2-3-4-5-6-7-8-9-10-11-12-13-14-15-16-17-18-19;7-4-2-1-3(6-4)5(8)9/h2-19H2,1H3;3H,1-2H2,(H,6,7)(H,8,9). The Hall–Kier alpha value is -1.10. The smallest absolute Gasteiger partial charge is 0.326 e. The normalized spacial score (nSPS) is 15.8. The van der Waals surface area contributed by atoms with Crippen molar-refractivity contribution in [3.05, 3.63) is 0 Å². The van der Waals surface area contributed by atoms with Crippen LogP contribution in [0.5, 0.6) is 0 Å². The van der Waals surface area contributed by atoms with E-state index in [9.17, 15) is 9.59 Å². The first-order valence-corrected chi connectivity index (χ1v) is 11.8. The van der Waals surface area contributed by atoms with E-state index in [1.54, 1.807) is 0 Å². The Balaban J connectivity index is 0.000000668. The van der Waals surface area contributed by atoms with Crippen LogP contribution in [0.2, 0.25) is 0 Å². The molecule has 28 heavy (non-hydrogen) atoms. The molecule has 1 aliphatic heterocycles. The van der Waals surface area contributed by atoms with Crippen molar-refractivity contribution in [3.63, 3.8) is 0 Å². The second-order valence-corrected chi connectivity index (χ2v) is 8.09. The van der Waals surface area contributed by atoms with Gasteiger partial charge in [0.25, 0.3) is 0 Å². The summed E-state index contributed by atoms with van der Waals surface area (Å²) in [4.78, 5) is 20.5. The van der Waals surface area contributed by atoms with Crippen molar-refractivity contribution >= 4 is 11.9 Å². The lowest BCUT2D eigenvalue weighted by Crippen LogP contribution is -2.32. The zero-order valence-electron chi connectivity index (χ0n) is 18.4. The van der Waals surface area contributed by atoms with Crippen LogP contribution in [-0.2, 0) is 9.59 Å². The molecule has 1 fully saturated rings. The van der Waals surface area contributed by atoms with Gasteiger partial charge in [-0.05, 0) is 19.4 Å². The van der Waals surface area contributed by atoms with E-state index >= 15 is 0 Å². The summed E-state index contributed by atoms with van der Waals surface area (Å²) < 4.78 is 0. The van der Waals surface area contributed by atoms with Crippen molar-refractivity contribution in [3.8, 4) is 0 Å². The molecular formula is C23H46N2O3. The Morgan fingerprint density at radius 1 is 0.857 bits per heavy atom. The third-order valence-electron chi connectivity index (χ3n) is 5.35. The maximum atomic E-state index is 10.4. The molecule has 0 aromatic carbocycles. The van der Waals surface area contributed by atoms with Gasteiger partial charge < -0.3 is 16.2 Å². The van der Waals surface area contributed by atoms with Crippen molar-refractivity contribution in [1.29, 1.82) is 0 Å². The maximum absolute atomic E-state index is 10.4. The molecule has 1 saturated heterocycles. The van der Waals surface area contributed by atoms with Gasteiger partial charge in [-0.25, -0.2) is 4.79 Å². The van der Waals surface area contributed by atoms with E-state index < -0.39 is 12.0 Å². The fourth-order valence-electron chi connectivity index (χ4n) is 3.49. The van der Waals surface area contributed by atoms with Crippen LogP contribution in [0.4, 0.5) is 0 Å². The maximum Gasteiger partial charge on any atom is 0.326 e. The Bertz CT molecular complexity index is 359. The first-order chi connectivity index (χ1) is 13.6. The van der Waals surface area contributed by atoms with Crippen LogP contribution >= 0.6 is 0 Å². The van der Waals surface area contributed by atoms with E-state index in [1.807, 2.05) is 0 Å². The predicted molar refractivity (Wildman–Crippen MR) is 117 cm³/mol. The van der Waals surface area contributed by atoms with E-state index in [1.165, 1.54) is 103 Å². The lowest BCUT2D eigenvalue weighted by atomic mass is 10.0. The Morgan fingerprint density at radius 2 is 1.25 bits per heavy atom. The summed E-state index contributed by atoms with van der Waals surface area (Å²) in [6, 6.07) is -0.641. The van der Waals surface area contributed by atoms with Gasteiger partial charge in [0, 0.05) is 6.42 Å². The van der Waals surface area contributed by atoms with Crippen molar-refractivity contribution in [2.45, 2.75) is 129 Å². The average Bonchev–Trinajstić information content (AvgIpc) is 3.12. The number of hydrogen-bond donors (Lipinski definition) is 3. The lowest BCUT2D eigenvalue weighted by molar-refractivity contribution is -0.140. The van der Waals surface area contributed by atoms with Gasteiger partial charge in [-0.1, -0.05) is 103 Å². The molecule has 0 radical (unpaired) electrons. The largest absolute Gasteiger partial charge is 0.480 e. The highest BCUT2D eigenvalue weighted by molar-refractivity contribution is 5.87. The second-order valence-electron chi connectivity index (χ2n) is 8.09. The summed E-state index contributed by atoms with van der Waals surface area (Å²) in [6.45, 7) is 3.16. The molecule has 1 heterocycles. The Morgan fingerprint density at radius 3 is 1.50 bits per heavy atom. The molecule has 1 aliphatic rings. The Labute approximate surface area is 173 Å². The van der Waals surface area contributed by atoms with E-state index in [2.05, 4.69) is 12.2 Å². The highest BCUT2D eigenvalue weighted by Crippen LogP contribution is 2.13. The van der Waals surface area contributed by atoms with Crippen LogP contribution in [0.25, 0.3) is 0 Å².